The Kier molecular flexibility index (Phi) is 67.4. The van der Waals surface area contributed by atoms with Gasteiger partial charge in [-0.05, 0) is 37.5 Å². The molecule has 3 N–H and O–H groups in total. The lowest BCUT2D eigenvalue weighted by atomic mass is 10.0. The van der Waals surface area contributed by atoms with Gasteiger partial charge in [0, 0.05) is 25.7 Å². The average Bonchev–Trinajstić information content (AvgIpc) is 1.74. The van der Waals surface area contributed by atoms with E-state index >= 15 is 0 Å². The molecule has 0 saturated carbocycles. The largest absolute Gasteiger partial charge is 0.472 e. The zero-order valence-electron chi connectivity index (χ0n) is 62.7. The maximum absolute atomic E-state index is 13.1. The molecule has 0 amide bonds. The third kappa shape index (κ3) is 70.5. The standard InChI is InChI=1S/C77H150O17P2/c1-7-9-11-13-15-17-18-19-20-21-22-26-29-32-35-42-48-54-60-75(80)88-66-73(93-76(81)61-55-49-43-36-33-30-27-24-23-25-28-31-34-39-45-51-57-69(3)4)68-92-96(85,86)90-64-71(78)63-89-95(83,84)91-67-72(65-87-74(79)59-53-47-41-16-14-12-10-8-2)94-77(82)62-56-50-44-38-37-40-46-52-58-70(5)6/h69-73,78H,7-68H2,1-6H3,(H,83,84)(H,85,86)/t71-,72+,73+/m0/s1. The molecule has 5 atom stereocenters. The molecule has 570 valence electrons. The van der Waals surface area contributed by atoms with Crippen molar-refractivity contribution in [2.75, 3.05) is 39.6 Å². The lowest BCUT2D eigenvalue weighted by molar-refractivity contribution is -0.161. The Hall–Kier alpha value is -1.94. The Labute approximate surface area is 588 Å². The van der Waals surface area contributed by atoms with Gasteiger partial charge in [0.2, 0.25) is 0 Å². The Morgan fingerprint density at radius 3 is 0.708 bits per heavy atom. The van der Waals surface area contributed by atoms with Crippen molar-refractivity contribution in [1.82, 2.24) is 0 Å². The van der Waals surface area contributed by atoms with Gasteiger partial charge in [-0.1, -0.05) is 350 Å². The van der Waals surface area contributed by atoms with E-state index in [4.69, 9.17) is 37.0 Å². The maximum atomic E-state index is 13.1. The van der Waals surface area contributed by atoms with Crippen molar-refractivity contribution in [3.63, 3.8) is 0 Å². The number of phosphoric acid groups is 2. The quantitative estimate of drug-likeness (QED) is 0.0222. The molecule has 17 nitrogen and oxygen atoms in total. The molecule has 0 fully saturated rings. The second-order valence-corrected chi connectivity index (χ2v) is 31.6. The van der Waals surface area contributed by atoms with E-state index in [0.29, 0.717) is 25.7 Å². The van der Waals surface area contributed by atoms with Gasteiger partial charge in [0.1, 0.15) is 19.3 Å². The van der Waals surface area contributed by atoms with Crippen molar-refractivity contribution < 1.29 is 80.2 Å². The van der Waals surface area contributed by atoms with Gasteiger partial charge >= 0.3 is 39.5 Å². The Morgan fingerprint density at radius 1 is 0.281 bits per heavy atom. The van der Waals surface area contributed by atoms with Crippen molar-refractivity contribution in [3.8, 4) is 0 Å². The monoisotopic (exact) mass is 1410 g/mol. The number of aliphatic hydroxyl groups is 1. The van der Waals surface area contributed by atoms with Crippen LogP contribution in [0.5, 0.6) is 0 Å². The van der Waals surface area contributed by atoms with E-state index in [1.807, 2.05) is 0 Å². The second-order valence-electron chi connectivity index (χ2n) is 28.7. The van der Waals surface area contributed by atoms with E-state index in [1.165, 1.54) is 212 Å². The number of hydrogen-bond acceptors (Lipinski definition) is 15. The molecule has 0 aromatic rings. The molecule has 0 rings (SSSR count). The van der Waals surface area contributed by atoms with Crippen LogP contribution in [0.25, 0.3) is 0 Å². The number of esters is 4. The topological polar surface area (TPSA) is 237 Å². The minimum atomic E-state index is -4.96. The number of phosphoric ester groups is 2. The van der Waals surface area contributed by atoms with Crippen LogP contribution in [0.1, 0.15) is 401 Å². The van der Waals surface area contributed by atoms with Gasteiger partial charge in [0.05, 0.1) is 26.4 Å². The van der Waals surface area contributed by atoms with Crippen LogP contribution in [0.2, 0.25) is 0 Å². The average molecular weight is 1410 g/mol. The minimum Gasteiger partial charge on any atom is -0.462 e. The predicted molar refractivity (Wildman–Crippen MR) is 391 cm³/mol. The van der Waals surface area contributed by atoms with E-state index in [9.17, 15) is 43.2 Å². The van der Waals surface area contributed by atoms with Crippen molar-refractivity contribution >= 4 is 39.5 Å². The molecule has 19 heteroatoms. The van der Waals surface area contributed by atoms with Crippen LogP contribution >= 0.6 is 15.6 Å². The summed E-state index contributed by atoms with van der Waals surface area (Å²) in [7, 11) is -9.91. The van der Waals surface area contributed by atoms with Gasteiger partial charge in [0.15, 0.2) is 12.2 Å². The third-order valence-corrected chi connectivity index (χ3v) is 19.9. The molecule has 0 aromatic carbocycles. The number of rotatable bonds is 76. The minimum absolute atomic E-state index is 0.105. The number of ether oxygens (including phenoxy) is 4. The number of carbonyl (C=O) groups excluding carboxylic acids is 4. The summed E-state index contributed by atoms with van der Waals surface area (Å²) in [6.45, 7) is 9.56. The molecule has 0 spiro atoms. The normalized spacial score (nSPS) is 14.0. The fourth-order valence-electron chi connectivity index (χ4n) is 11.8. The predicted octanol–water partition coefficient (Wildman–Crippen LogP) is 22.7. The molecule has 96 heavy (non-hydrogen) atoms. The molecule has 2 unspecified atom stereocenters. The van der Waals surface area contributed by atoms with Crippen molar-refractivity contribution in [2.45, 2.75) is 419 Å². The van der Waals surface area contributed by atoms with Crippen LogP contribution < -0.4 is 0 Å². The summed E-state index contributed by atoms with van der Waals surface area (Å²) in [4.78, 5) is 72.7. The Bertz CT molecular complexity index is 1860. The van der Waals surface area contributed by atoms with E-state index in [2.05, 4.69) is 41.5 Å². The van der Waals surface area contributed by atoms with Crippen LogP contribution in [-0.4, -0.2) is 96.7 Å². The molecule has 0 radical (unpaired) electrons. The zero-order chi connectivity index (χ0) is 70.7. The summed E-state index contributed by atoms with van der Waals surface area (Å²) in [5.74, 6) is -0.591. The van der Waals surface area contributed by atoms with E-state index in [1.54, 1.807) is 0 Å². The SMILES string of the molecule is CCCCCCCCCCCCCCCCCCCCC(=O)OC[C@H](COP(=O)(O)OC[C@@H](O)COP(=O)(O)OC[C@@H](COC(=O)CCCCCCCCCC)OC(=O)CCCCCCCCCCC(C)C)OC(=O)CCCCCCCCCCCCCCCCCCC(C)C. The molecular weight excluding hydrogens is 1260 g/mol. The zero-order valence-corrected chi connectivity index (χ0v) is 64.5. The number of carbonyl (C=O) groups is 4. The number of unbranched alkanes of at least 4 members (excludes halogenated alkanes) is 46. The van der Waals surface area contributed by atoms with Crippen LogP contribution in [0.4, 0.5) is 0 Å². The first-order valence-electron chi connectivity index (χ1n) is 40.0. The summed E-state index contributed by atoms with van der Waals surface area (Å²) in [6.07, 6.45) is 57.1. The van der Waals surface area contributed by atoms with Crippen molar-refractivity contribution in [1.29, 1.82) is 0 Å². The lowest BCUT2D eigenvalue weighted by Gasteiger charge is -2.21. The smallest absolute Gasteiger partial charge is 0.462 e. The van der Waals surface area contributed by atoms with Crippen LogP contribution in [0.3, 0.4) is 0 Å². The fraction of sp³-hybridized carbons (Fsp3) is 0.948. The molecule has 0 heterocycles. The molecular formula is C77H150O17P2. The summed E-state index contributed by atoms with van der Waals surface area (Å²) >= 11 is 0. The molecule has 0 aliphatic rings. The summed E-state index contributed by atoms with van der Waals surface area (Å²) in [5, 5.41) is 10.6. The van der Waals surface area contributed by atoms with Crippen LogP contribution in [0.15, 0.2) is 0 Å². The Balaban J connectivity index is 5.19. The number of hydrogen-bond donors (Lipinski definition) is 3. The van der Waals surface area contributed by atoms with Crippen molar-refractivity contribution in [3.05, 3.63) is 0 Å². The first-order chi connectivity index (χ1) is 46.4. The van der Waals surface area contributed by atoms with Gasteiger partial charge in [-0.15, -0.1) is 0 Å². The molecule has 0 aliphatic heterocycles. The highest BCUT2D eigenvalue weighted by atomic mass is 31.2. The number of aliphatic hydroxyl groups excluding tert-OH is 1. The van der Waals surface area contributed by atoms with E-state index in [0.717, 1.165) is 108 Å². The van der Waals surface area contributed by atoms with Gasteiger partial charge in [-0.3, -0.25) is 37.3 Å². The van der Waals surface area contributed by atoms with Gasteiger partial charge < -0.3 is 33.8 Å². The fourth-order valence-corrected chi connectivity index (χ4v) is 13.4. The highest BCUT2D eigenvalue weighted by Crippen LogP contribution is 2.45. The Morgan fingerprint density at radius 2 is 0.479 bits per heavy atom. The van der Waals surface area contributed by atoms with Gasteiger partial charge in [0.25, 0.3) is 0 Å². The highest BCUT2D eigenvalue weighted by Gasteiger charge is 2.30. The van der Waals surface area contributed by atoms with Gasteiger partial charge in [-0.25, -0.2) is 9.13 Å². The van der Waals surface area contributed by atoms with Crippen LogP contribution in [0, 0.1) is 11.8 Å². The second kappa shape index (κ2) is 68.8. The van der Waals surface area contributed by atoms with Gasteiger partial charge in [-0.2, -0.15) is 0 Å². The summed E-state index contributed by atoms with van der Waals surface area (Å²) in [6, 6.07) is 0. The maximum Gasteiger partial charge on any atom is 0.472 e. The third-order valence-electron chi connectivity index (χ3n) is 18.0. The first kappa shape index (κ1) is 94.1. The summed E-state index contributed by atoms with van der Waals surface area (Å²) < 4.78 is 68.5. The van der Waals surface area contributed by atoms with E-state index in [-0.39, 0.29) is 25.7 Å². The molecule has 0 aromatic heterocycles. The van der Waals surface area contributed by atoms with E-state index < -0.39 is 97.5 Å². The molecule has 0 bridgehead atoms. The molecule has 0 aliphatic carbocycles. The molecule has 0 saturated heterocycles. The van der Waals surface area contributed by atoms with Crippen molar-refractivity contribution in [2.24, 2.45) is 11.8 Å². The lowest BCUT2D eigenvalue weighted by Crippen LogP contribution is -2.30. The van der Waals surface area contributed by atoms with Crippen LogP contribution in [-0.2, 0) is 65.4 Å². The summed E-state index contributed by atoms with van der Waals surface area (Å²) in [5.41, 5.74) is 0. The highest BCUT2D eigenvalue weighted by molar-refractivity contribution is 7.47. The first-order valence-corrected chi connectivity index (χ1v) is 43.0.